The van der Waals surface area contributed by atoms with Crippen molar-refractivity contribution < 1.29 is 9.13 Å². The predicted molar refractivity (Wildman–Crippen MR) is 72.8 cm³/mol. The molecule has 1 heterocycles. The highest BCUT2D eigenvalue weighted by Crippen LogP contribution is 2.16. The summed E-state index contributed by atoms with van der Waals surface area (Å²) in [6.07, 6.45) is 3.55. The topological polar surface area (TPSA) is 39.1 Å². The molecule has 0 spiro atoms. The largest absolute Gasteiger partial charge is 0.383 e. The summed E-state index contributed by atoms with van der Waals surface area (Å²) in [5.41, 5.74) is 1.40. The van der Waals surface area contributed by atoms with Crippen LogP contribution in [0.5, 0.6) is 0 Å². The highest BCUT2D eigenvalue weighted by atomic mass is 35.5. The first-order chi connectivity index (χ1) is 9.19. The molecule has 4 nitrogen and oxygen atoms in total. The van der Waals surface area contributed by atoms with E-state index in [1.54, 1.807) is 30.1 Å². The lowest BCUT2D eigenvalue weighted by Crippen LogP contribution is -2.04. The predicted octanol–water partition coefficient (Wildman–Crippen LogP) is 2.93. The van der Waals surface area contributed by atoms with Crippen LogP contribution in [0.15, 0.2) is 30.6 Å². The second-order valence-electron chi connectivity index (χ2n) is 4.07. The van der Waals surface area contributed by atoms with Gasteiger partial charge in [-0.15, -0.1) is 0 Å². The lowest BCUT2D eigenvalue weighted by Gasteiger charge is -2.05. The molecular weight excluding hydrogens is 269 g/mol. The van der Waals surface area contributed by atoms with E-state index in [4.69, 9.17) is 16.3 Å². The summed E-state index contributed by atoms with van der Waals surface area (Å²) >= 11 is 5.70. The summed E-state index contributed by atoms with van der Waals surface area (Å²) in [5, 5.41) is 7.67. The fourth-order valence-corrected chi connectivity index (χ4v) is 1.78. The van der Waals surface area contributed by atoms with Crippen LogP contribution in [0.4, 0.5) is 10.1 Å². The molecule has 0 aliphatic carbocycles. The second-order valence-corrected chi connectivity index (χ2v) is 4.51. The molecule has 0 saturated heterocycles. The molecular formula is C13H15ClFN3O. The van der Waals surface area contributed by atoms with Crippen molar-refractivity contribution in [3.05, 3.63) is 47.0 Å². The van der Waals surface area contributed by atoms with Gasteiger partial charge in [-0.1, -0.05) is 17.7 Å². The minimum atomic E-state index is -0.313. The Hall–Kier alpha value is -1.59. The van der Waals surface area contributed by atoms with Crippen LogP contribution in [-0.4, -0.2) is 23.5 Å². The van der Waals surface area contributed by atoms with Gasteiger partial charge in [0, 0.05) is 30.4 Å². The van der Waals surface area contributed by atoms with Crippen LogP contribution in [-0.2, 0) is 17.8 Å². The number of rotatable bonds is 6. The first kappa shape index (κ1) is 13.8. The number of nitrogens with zero attached hydrogens (tertiary/aromatic N) is 2. The van der Waals surface area contributed by atoms with Crippen molar-refractivity contribution in [3.8, 4) is 0 Å². The number of hydrogen-bond acceptors (Lipinski definition) is 3. The summed E-state index contributed by atoms with van der Waals surface area (Å²) in [6, 6.07) is 4.64. The van der Waals surface area contributed by atoms with Crippen molar-refractivity contribution >= 4 is 17.3 Å². The maximum absolute atomic E-state index is 13.6. The van der Waals surface area contributed by atoms with Crippen molar-refractivity contribution in [3.63, 3.8) is 0 Å². The van der Waals surface area contributed by atoms with Crippen molar-refractivity contribution in [2.45, 2.75) is 13.1 Å². The van der Waals surface area contributed by atoms with E-state index in [9.17, 15) is 4.39 Å². The Balaban J connectivity index is 1.92. The molecule has 19 heavy (non-hydrogen) atoms. The fourth-order valence-electron chi connectivity index (χ4n) is 1.62. The van der Waals surface area contributed by atoms with E-state index in [0.717, 1.165) is 5.69 Å². The first-order valence-electron chi connectivity index (χ1n) is 5.88. The van der Waals surface area contributed by atoms with Crippen molar-refractivity contribution in [2.75, 3.05) is 19.0 Å². The number of benzene rings is 1. The van der Waals surface area contributed by atoms with Gasteiger partial charge in [0.15, 0.2) is 0 Å². The van der Waals surface area contributed by atoms with Gasteiger partial charge in [0.05, 0.1) is 25.0 Å². The lowest BCUT2D eigenvalue weighted by atomic mass is 10.2. The number of nitrogens with one attached hydrogen (secondary N) is 1. The van der Waals surface area contributed by atoms with Gasteiger partial charge in [0.2, 0.25) is 0 Å². The van der Waals surface area contributed by atoms with Gasteiger partial charge in [-0.2, -0.15) is 5.10 Å². The van der Waals surface area contributed by atoms with Crippen LogP contribution >= 0.6 is 11.6 Å². The Morgan fingerprint density at radius 1 is 1.47 bits per heavy atom. The summed E-state index contributed by atoms with van der Waals surface area (Å²) in [7, 11) is 1.64. The fraction of sp³-hybridized carbons (Fsp3) is 0.308. The minimum Gasteiger partial charge on any atom is -0.383 e. The van der Waals surface area contributed by atoms with Crippen LogP contribution in [0, 0.1) is 5.82 Å². The zero-order valence-electron chi connectivity index (χ0n) is 10.6. The number of halogens is 2. The van der Waals surface area contributed by atoms with Gasteiger partial charge in [-0.3, -0.25) is 4.68 Å². The number of hydrogen-bond donors (Lipinski definition) is 1. The number of methoxy groups -OCH3 is 1. The third-order valence-electron chi connectivity index (χ3n) is 2.66. The summed E-state index contributed by atoms with van der Waals surface area (Å²) < 4.78 is 20.3. The lowest BCUT2D eigenvalue weighted by molar-refractivity contribution is 0.183. The number of ether oxygens (including phenoxy) is 1. The van der Waals surface area contributed by atoms with Gasteiger partial charge in [-0.05, 0) is 12.1 Å². The molecule has 102 valence electrons. The first-order valence-corrected chi connectivity index (χ1v) is 6.26. The average molecular weight is 284 g/mol. The monoisotopic (exact) mass is 283 g/mol. The molecule has 0 amide bonds. The van der Waals surface area contributed by atoms with Crippen LogP contribution in [0.25, 0.3) is 0 Å². The van der Waals surface area contributed by atoms with Crippen LogP contribution < -0.4 is 5.32 Å². The smallest absolute Gasteiger partial charge is 0.129 e. The Kier molecular flexibility index (Phi) is 4.76. The zero-order valence-corrected chi connectivity index (χ0v) is 11.3. The molecule has 0 aliphatic rings. The molecule has 0 saturated carbocycles. The SMILES string of the molecule is COCCn1cc(NCc2ccc(Cl)cc2F)cn1. The van der Waals surface area contributed by atoms with E-state index < -0.39 is 0 Å². The Morgan fingerprint density at radius 2 is 2.32 bits per heavy atom. The van der Waals surface area contributed by atoms with Gasteiger partial charge < -0.3 is 10.1 Å². The summed E-state index contributed by atoms with van der Waals surface area (Å²) in [6.45, 7) is 1.68. The van der Waals surface area contributed by atoms with E-state index in [1.807, 2.05) is 6.20 Å². The molecule has 2 aromatic rings. The van der Waals surface area contributed by atoms with Crippen LogP contribution in [0.2, 0.25) is 5.02 Å². The molecule has 0 unspecified atom stereocenters. The third-order valence-corrected chi connectivity index (χ3v) is 2.89. The Labute approximate surface area is 116 Å². The quantitative estimate of drug-likeness (QED) is 0.886. The average Bonchev–Trinajstić information content (AvgIpc) is 2.83. The molecule has 0 fully saturated rings. The second kappa shape index (κ2) is 6.54. The maximum atomic E-state index is 13.6. The van der Waals surface area contributed by atoms with Gasteiger partial charge in [0.1, 0.15) is 5.82 Å². The van der Waals surface area contributed by atoms with Crippen LogP contribution in [0.3, 0.4) is 0 Å². The third kappa shape index (κ3) is 3.94. The molecule has 0 aliphatic heterocycles. The van der Waals surface area contributed by atoms with Gasteiger partial charge in [0.25, 0.3) is 0 Å². The maximum Gasteiger partial charge on any atom is 0.129 e. The summed E-state index contributed by atoms with van der Waals surface area (Å²) in [5.74, 6) is -0.313. The molecule has 2 rings (SSSR count). The van der Waals surface area contributed by atoms with E-state index in [0.29, 0.717) is 30.3 Å². The highest BCUT2D eigenvalue weighted by molar-refractivity contribution is 6.30. The van der Waals surface area contributed by atoms with E-state index >= 15 is 0 Å². The van der Waals surface area contributed by atoms with Crippen molar-refractivity contribution in [2.24, 2.45) is 0 Å². The standard InChI is InChI=1S/C13H15ClFN3O/c1-19-5-4-18-9-12(8-17-18)16-7-10-2-3-11(14)6-13(10)15/h2-3,6,8-9,16H,4-5,7H2,1H3. The number of anilines is 1. The molecule has 1 N–H and O–H groups in total. The van der Waals surface area contributed by atoms with Crippen molar-refractivity contribution in [1.82, 2.24) is 9.78 Å². The Morgan fingerprint density at radius 3 is 3.05 bits per heavy atom. The Bertz CT molecular complexity index is 544. The van der Waals surface area contributed by atoms with Crippen LogP contribution in [0.1, 0.15) is 5.56 Å². The molecule has 0 bridgehead atoms. The van der Waals surface area contributed by atoms with E-state index in [-0.39, 0.29) is 5.82 Å². The minimum absolute atomic E-state index is 0.313. The zero-order chi connectivity index (χ0) is 13.7. The summed E-state index contributed by atoms with van der Waals surface area (Å²) in [4.78, 5) is 0. The molecule has 0 radical (unpaired) electrons. The molecule has 0 atom stereocenters. The molecule has 1 aromatic carbocycles. The van der Waals surface area contributed by atoms with E-state index in [1.165, 1.54) is 6.07 Å². The number of aromatic nitrogens is 2. The normalized spacial score (nSPS) is 10.7. The van der Waals surface area contributed by atoms with Gasteiger partial charge in [-0.25, -0.2) is 4.39 Å². The molecule has 1 aromatic heterocycles. The van der Waals surface area contributed by atoms with Gasteiger partial charge >= 0.3 is 0 Å². The van der Waals surface area contributed by atoms with E-state index in [2.05, 4.69) is 10.4 Å². The molecule has 6 heteroatoms. The van der Waals surface area contributed by atoms with Crippen molar-refractivity contribution in [1.29, 1.82) is 0 Å². The highest BCUT2D eigenvalue weighted by Gasteiger charge is 2.04.